The van der Waals surface area contributed by atoms with Gasteiger partial charge in [0, 0.05) is 12.1 Å². The van der Waals surface area contributed by atoms with Crippen molar-refractivity contribution in [2.24, 2.45) is 0 Å². The number of pyridine rings is 1. The van der Waals surface area contributed by atoms with Crippen molar-refractivity contribution < 1.29 is 13.9 Å². The van der Waals surface area contributed by atoms with Gasteiger partial charge in [-0.25, -0.2) is 4.39 Å². The topological polar surface area (TPSA) is 39.2 Å². The highest BCUT2D eigenvalue weighted by molar-refractivity contribution is 5.95. The van der Waals surface area contributed by atoms with Gasteiger partial charge in [-0.05, 0) is 30.7 Å². The van der Waals surface area contributed by atoms with Crippen LogP contribution in [-0.4, -0.2) is 17.9 Å². The molecule has 2 rings (SSSR count). The molecular weight excluding hydrogens is 245 g/mol. The Hall–Kier alpha value is -2.23. The van der Waals surface area contributed by atoms with E-state index in [9.17, 15) is 9.18 Å². The zero-order valence-electron chi connectivity index (χ0n) is 10.8. The van der Waals surface area contributed by atoms with Gasteiger partial charge < -0.3 is 4.74 Å². The van der Waals surface area contributed by atoms with Gasteiger partial charge in [-0.1, -0.05) is 18.2 Å². The fourth-order valence-corrected chi connectivity index (χ4v) is 1.81. The lowest BCUT2D eigenvalue weighted by Gasteiger charge is -2.06. The third-order valence-electron chi connectivity index (χ3n) is 2.79. The first-order valence-electron chi connectivity index (χ1n) is 5.90. The van der Waals surface area contributed by atoms with E-state index in [2.05, 4.69) is 4.98 Å². The van der Waals surface area contributed by atoms with E-state index in [0.717, 1.165) is 5.69 Å². The molecule has 0 aliphatic rings. The van der Waals surface area contributed by atoms with E-state index in [0.29, 0.717) is 11.3 Å². The van der Waals surface area contributed by atoms with Crippen LogP contribution in [0.15, 0.2) is 36.4 Å². The third kappa shape index (κ3) is 2.96. The number of aromatic nitrogens is 1. The molecule has 0 atom stereocenters. The number of halogens is 1. The van der Waals surface area contributed by atoms with Crippen molar-refractivity contribution in [3.63, 3.8) is 0 Å². The molecule has 0 aliphatic carbocycles. The molecule has 0 aliphatic heterocycles. The number of ketones is 1. The number of benzene rings is 1. The molecule has 0 saturated carbocycles. The highest BCUT2D eigenvalue weighted by atomic mass is 19.1. The summed E-state index contributed by atoms with van der Waals surface area (Å²) in [5.41, 5.74) is 1.42. The zero-order valence-corrected chi connectivity index (χ0v) is 10.8. The van der Waals surface area contributed by atoms with E-state index in [1.807, 2.05) is 13.0 Å². The Labute approximate surface area is 111 Å². The zero-order chi connectivity index (χ0) is 13.8. The molecule has 3 nitrogen and oxygen atoms in total. The first-order valence-corrected chi connectivity index (χ1v) is 5.90. The lowest BCUT2D eigenvalue weighted by atomic mass is 10.1. The minimum Gasteiger partial charge on any atom is -0.494 e. The van der Waals surface area contributed by atoms with Gasteiger partial charge in [0.1, 0.15) is 5.69 Å². The van der Waals surface area contributed by atoms with Crippen LogP contribution < -0.4 is 4.74 Å². The van der Waals surface area contributed by atoms with Gasteiger partial charge in [0.2, 0.25) is 0 Å². The number of rotatable bonds is 4. The average Bonchev–Trinajstić information content (AvgIpc) is 2.41. The second-order valence-electron chi connectivity index (χ2n) is 4.20. The lowest BCUT2D eigenvalue weighted by Crippen LogP contribution is -2.08. The Morgan fingerprint density at radius 1 is 1.26 bits per heavy atom. The molecule has 98 valence electrons. The normalized spacial score (nSPS) is 10.3. The van der Waals surface area contributed by atoms with Crippen molar-refractivity contribution in [3.05, 3.63) is 59.2 Å². The number of carbonyl (C=O) groups is 1. The Morgan fingerprint density at radius 3 is 2.68 bits per heavy atom. The standard InChI is InChI=1S/C15H14FNO2/c1-10-5-3-7-12(17-10)13(18)9-11-6-4-8-14(19-2)15(11)16/h3-8H,9H2,1-2H3. The number of hydrogen-bond donors (Lipinski definition) is 0. The maximum absolute atomic E-state index is 13.9. The van der Waals surface area contributed by atoms with Crippen LogP contribution in [0.2, 0.25) is 0 Å². The molecule has 0 spiro atoms. The van der Waals surface area contributed by atoms with Crippen molar-refractivity contribution in [2.45, 2.75) is 13.3 Å². The van der Waals surface area contributed by atoms with Crippen molar-refractivity contribution in [1.29, 1.82) is 0 Å². The first-order chi connectivity index (χ1) is 9.11. The average molecular weight is 259 g/mol. The van der Waals surface area contributed by atoms with Gasteiger partial charge in [-0.3, -0.25) is 9.78 Å². The molecule has 0 saturated heterocycles. The number of ether oxygens (including phenoxy) is 1. The van der Waals surface area contributed by atoms with Crippen LogP contribution in [0.1, 0.15) is 21.7 Å². The second kappa shape index (κ2) is 5.61. The van der Waals surface area contributed by atoms with Crippen LogP contribution in [0.5, 0.6) is 5.75 Å². The monoisotopic (exact) mass is 259 g/mol. The van der Waals surface area contributed by atoms with E-state index in [1.54, 1.807) is 24.3 Å². The molecule has 2 aromatic rings. The lowest BCUT2D eigenvalue weighted by molar-refractivity contribution is 0.0987. The largest absolute Gasteiger partial charge is 0.494 e. The van der Waals surface area contributed by atoms with Crippen molar-refractivity contribution >= 4 is 5.78 Å². The molecule has 1 aromatic carbocycles. The smallest absolute Gasteiger partial charge is 0.185 e. The minimum atomic E-state index is -0.494. The maximum Gasteiger partial charge on any atom is 0.185 e. The van der Waals surface area contributed by atoms with E-state index in [1.165, 1.54) is 13.2 Å². The highest BCUT2D eigenvalue weighted by Crippen LogP contribution is 2.21. The van der Waals surface area contributed by atoms with Crippen LogP contribution in [0, 0.1) is 12.7 Å². The van der Waals surface area contributed by atoms with Gasteiger partial charge in [0.15, 0.2) is 17.3 Å². The van der Waals surface area contributed by atoms with E-state index in [-0.39, 0.29) is 18.0 Å². The van der Waals surface area contributed by atoms with Crippen LogP contribution in [-0.2, 0) is 6.42 Å². The van der Waals surface area contributed by atoms with E-state index >= 15 is 0 Å². The summed E-state index contributed by atoms with van der Waals surface area (Å²) in [6.07, 6.45) is -0.0283. The van der Waals surface area contributed by atoms with Gasteiger partial charge in [0.05, 0.1) is 7.11 Å². The summed E-state index contributed by atoms with van der Waals surface area (Å²) >= 11 is 0. The SMILES string of the molecule is COc1cccc(CC(=O)c2cccc(C)n2)c1F. The van der Waals surface area contributed by atoms with Gasteiger partial charge in [-0.15, -0.1) is 0 Å². The van der Waals surface area contributed by atoms with E-state index in [4.69, 9.17) is 4.74 Å². The van der Waals surface area contributed by atoms with Gasteiger partial charge >= 0.3 is 0 Å². The molecule has 1 aromatic heterocycles. The Morgan fingerprint density at radius 2 is 2.00 bits per heavy atom. The number of carbonyl (C=O) groups excluding carboxylic acids is 1. The number of hydrogen-bond acceptors (Lipinski definition) is 3. The molecule has 4 heteroatoms. The van der Waals surface area contributed by atoms with Crippen LogP contribution >= 0.6 is 0 Å². The number of aryl methyl sites for hydroxylation is 1. The van der Waals surface area contributed by atoms with Gasteiger partial charge in [-0.2, -0.15) is 0 Å². The quantitative estimate of drug-likeness (QED) is 0.792. The molecule has 0 N–H and O–H groups in total. The van der Waals surface area contributed by atoms with Gasteiger partial charge in [0.25, 0.3) is 0 Å². The molecule has 0 unspecified atom stereocenters. The molecule has 1 heterocycles. The predicted octanol–water partition coefficient (Wildman–Crippen LogP) is 2.96. The number of nitrogens with zero attached hydrogens (tertiary/aromatic N) is 1. The Bertz CT molecular complexity index is 611. The summed E-state index contributed by atoms with van der Waals surface area (Å²) in [6, 6.07) is 9.96. The maximum atomic E-state index is 13.9. The highest BCUT2D eigenvalue weighted by Gasteiger charge is 2.14. The summed E-state index contributed by atoms with van der Waals surface area (Å²) in [5.74, 6) is -0.565. The summed E-state index contributed by atoms with van der Waals surface area (Å²) in [5, 5.41) is 0. The van der Waals surface area contributed by atoms with E-state index < -0.39 is 5.82 Å². The molecule has 0 fully saturated rings. The fraction of sp³-hybridized carbons (Fsp3) is 0.200. The summed E-state index contributed by atoms with van der Waals surface area (Å²) in [4.78, 5) is 16.2. The summed E-state index contributed by atoms with van der Waals surface area (Å²) in [7, 11) is 1.39. The van der Waals surface area contributed by atoms with Crippen molar-refractivity contribution in [2.75, 3.05) is 7.11 Å². The predicted molar refractivity (Wildman–Crippen MR) is 70.0 cm³/mol. The first kappa shape index (κ1) is 13.2. The van der Waals surface area contributed by atoms with Crippen LogP contribution in [0.25, 0.3) is 0 Å². The second-order valence-corrected chi connectivity index (χ2v) is 4.20. The number of methoxy groups -OCH3 is 1. The van der Waals surface area contributed by atoms with Crippen LogP contribution in [0.3, 0.4) is 0 Å². The Kier molecular flexibility index (Phi) is 3.90. The van der Waals surface area contributed by atoms with Crippen molar-refractivity contribution in [3.8, 4) is 5.75 Å². The third-order valence-corrected chi connectivity index (χ3v) is 2.79. The van der Waals surface area contributed by atoms with Crippen molar-refractivity contribution in [1.82, 2.24) is 4.98 Å². The van der Waals surface area contributed by atoms with Crippen LogP contribution in [0.4, 0.5) is 4.39 Å². The molecule has 0 amide bonds. The molecular formula is C15H14FNO2. The summed E-state index contributed by atoms with van der Waals surface area (Å²) < 4.78 is 18.8. The summed E-state index contributed by atoms with van der Waals surface area (Å²) in [6.45, 7) is 1.81. The number of Topliss-reactive ketones (excluding diaryl/α,β-unsaturated/α-hetero) is 1. The molecule has 0 bridgehead atoms. The molecule has 0 radical (unpaired) electrons. The fourth-order valence-electron chi connectivity index (χ4n) is 1.81. The molecule has 19 heavy (non-hydrogen) atoms. The Balaban J connectivity index is 2.24. The minimum absolute atomic E-state index is 0.0283.